The van der Waals surface area contributed by atoms with Crippen LogP contribution in [0.1, 0.15) is 0 Å². The molecule has 1 aromatic carbocycles. The van der Waals surface area contributed by atoms with E-state index in [9.17, 15) is 14.0 Å². The van der Waals surface area contributed by atoms with Gasteiger partial charge in [0.05, 0.1) is 12.8 Å². The zero-order valence-electron chi connectivity index (χ0n) is 9.33. The van der Waals surface area contributed by atoms with Gasteiger partial charge in [0, 0.05) is 12.3 Å². The Hall–Kier alpha value is -2.44. The molecule has 0 heterocycles. The fourth-order valence-corrected chi connectivity index (χ4v) is 1.11. The summed E-state index contributed by atoms with van der Waals surface area (Å²) >= 11 is 0. The number of carbonyl (C=O) groups is 2. The highest BCUT2D eigenvalue weighted by molar-refractivity contribution is 6.08. The Kier molecular flexibility index (Phi) is 4.36. The number of ether oxygens (including phenoxy) is 1. The van der Waals surface area contributed by atoms with Crippen molar-refractivity contribution in [2.24, 2.45) is 10.9 Å². The third-order valence-electron chi connectivity index (χ3n) is 2.05. The smallest absolute Gasteiger partial charge is 0.323 e. The lowest BCUT2D eigenvalue weighted by atomic mass is 10.2. The molecule has 0 saturated carbocycles. The van der Waals surface area contributed by atoms with Crippen LogP contribution in [0.2, 0.25) is 0 Å². The second kappa shape index (κ2) is 5.76. The number of nitrogens with zero attached hydrogens (tertiary/aromatic N) is 1. The van der Waals surface area contributed by atoms with Gasteiger partial charge in [0.1, 0.15) is 5.75 Å². The van der Waals surface area contributed by atoms with E-state index in [-0.39, 0.29) is 11.4 Å². The van der Waals surface area contributed by atoms with E-state index in [2.05, 4.69) is 4.99 Å². The van der Waals surface area contributed by atoms with Crippen molar-refractivity contribution in [2.45, 2.75) is 0 Å². The van der Waals surface area contributed by atoms with Crippen LogP contribution in [-0.2, 0) is 9.59 Å². The normalized spacial score (nSPS) is 10.8. The second-order valence-corrected chi connectivity index (χ2v) is 3.25. The van der Waals surface area contributed by atoms with Gasteiger partial charge in [-0.25, -0.2) is 4.39 Å². The van der Waals surface area contributed by atoms with E-state index in [1.54, 1.807) is 0 Å². The fraction of sp³-hybridized carbons (Fsp3) is 0.182. The summed E-state index contributed by atoms with van der Waals surface area (Å²) in [6, 6.07) is 3.74. The molecule has 0 aliphatic rings. The lowest BCUT2D eigenvalue weighted by molar-refractivity contribution is -0.150. The number of carboxylic acid groups (broad SMARTS) is 2. The number of aliphatic carboxylic acids is 2. The van der Waals surface area contributed by atoms with E-state index in [1.807, 2.05) is 0 Å². The molecule has 2 N–H and O–H groups in total. The lowest BCUT2D eigenvalue weighted by Gasteiger charge is -2.02. The molecular weight excluding hydrogens is 245 g/mol. The van der Waals surface area contributed by atoms with Crippen molar-refractivity contribution in [3.05, 3.63) is 24.0 Å². The number of methoxy groups -OCH3 is 1. The van der Waals surface area contributed by atoms with Gasteiger partial charge in [0.25, 0.3) is 0 Å². The van der Waals surface area contributed by atoms with Gasteiger partial charge >= 0.3 is 11.9 Å². The molecule has 0 unspecified atom stereocenters. The summed E-state index contributed by atoms with van der Waals surface area (Å²) in [6.07, 6.45) is 0.662. The molecule has 0 radical (unpaired) electrons. The molecule has 0 aromatic heterocycles. The van der Waals surface area contributed by atoms with Crippen LogP contribution in [0.4, 0.5) is 10.1 Å². The predicted octanol–water partition coefficient (Wildman–Crippen LogP) is 1.32. The van der Waals surface area contributed by atoms with E-state index in [0.29, 0.717) is 6.21 Å². The van der Waals surface area contributed by atoms with Crippen LogP contribution in [0.25, 0.3) is 0 Å². The number of hydrogen-bond acceptors (Lipinski definition) is 4. The maximum atomic E-state index is 13.4. The minimum absolute atomic E-state index is 0.164. The number of carboxylic acids is 2. The monoisotopic (exact) mass is 255 g/mol. The second-order valence-electron chi connectivity index (χ2n) is 3.25. The third kappa shape index (κ3) is 3.27. The molecule has 0 bridgehead atoms. The van der Waals surface area contributed by atoms with Crippen LogP contribution in [0.15, 0.2) is 23.2 Å². The molecule has 0 amide bonds. The molecule has 0 aliphatic carbocycles. The zero-order valence-corrected chi connectivity index (χ0v) is 9.33. The van der Waals surface area contributed by atoms with Crippen molar-refractivity contribution in [3.8, 4) is 5.75 Å². The first kappa shape index (κ1) is 13.6. The SMILES string of the molecule is COc1ccc(N=CC(C(=O)O)C(=O)O)c(F)c1. The quantitative estimate of drug-likeness (QED) is 0.611. The van der Waals surface area contributed by atoms with Gasteiger partial charge in [-0.3, -0.25) is 14.6 Å². The van der Waals surface area contributed by atoms with E-state index < -0.39 is 23.7 Å². The van der Waals surface area contributed by atoms with E-state index >= 15 is 0 Å². The molecule has 0 aliphatic heterocycles. The summed E-state index contributed by atoms with van der Waals surface area (Å²) < 4.78 is 18.2. The summed E-state index contributed by atoms with van der Waals surface area (Å²) in [4.78, 5) is 24.6. The molecule has 0 atom stereocenters. The Bertz CT molecular complexity index is 486. The zero-order chi connectivity index (χ0) is 13.7. The summed E-state index contributed by atoms with van der Waals surface area (Å²) in [5, 5.41) is 17.2. The largest absolute Gasteiger partial charge is 0.497 e. The van der Waals surface area contributed by atoms with Crippen LogP contribution in [0.5, 0.6) is 5.75 Å². The summed E-state index contributed by atoms with van der Waals surface area (Å²) in [5.41, 5.74) is -0.164. The maximum absolute atomic E-state index is 13.4. The molecule has 18 heavy (non-hydrogen) atoms. The summed E-state index contributed by atoms with van der Waals surface area (Å²) in [6.45, 7) is 0. The van der Waals surface area contributed by atoms with E-state index in [0.717, 1.165) is 6.07 Å². The van der Waals surface area contributed by atoms with Gasteiger partial charge < -0.3 is 14.9 Å². The molecule has 96 valence electrons. The Labute approximate surface area is 101 Å². The fourth-order valence-electron chi connectivity index (χ4n) is 1.11. The lowest BCUT2D eigenvalue weighted by Crippen LogP contribution is -2.24. The molecule has 6 nitrogen and oxygen atoms in total. The Balaban J connectivity index is 2.96. The van der Waals surface area contributed by atoms with Crippen LogP contribution in [0.3, 0.4) is 0 Å². The third-order valence-corrected chi connectivity index (χ3v) is 2.05. The van der Waals surface area contributed by atoms with Crippen molar-refractivity contribution in [3.63, 3.8) is 0 Å². The highest BCUT2D eigenvalue weighted by atomic mass is 19.1. The first-order chi connectivity index (χ1) is 8.45. The standard InChI is InChI=1S/C11H10FNO5/c1-18-6-2-3-9(8(12)4-6)13-5-7(10(14)15)11(16)17/h2-5,7H,1H3,(H,14,15)(H,16,17). The first-order valence-electron chi connectivity index (χ1n) is 4.79. The summed E-state index contributed by atoms with van der Waals surface area (Å²) in [7, 11) is 1.36. The van der Waals surface area contributed by atoms with Gasteiger partial charge in [-0.15, -0.1) is 0 Å². The number of halogens is 1. The van der Waals surface area contributed by atoms with E-state index in [4.69, 9.17) is 14.9 Å². The molecule has 0 spiro atoms. The van der Waals surface area contributed by atoms with Crippen LogP contribution in [0, 0.1) is 11.7 Å². The number of rotatable bonds is 5. The van der Waals surface area contributed by atoms with E-state index in [1.165, 1.54) is 19.2 Å². The molecule has 7 heteroatoms. The highest BCUT2D eigenvalue weighted by Crippen LogP contribution is 2.22. The van der Waals surface area contributed by atoms with Gasteiger partial charge in [-0.1, -0.05) is 0 Å². The van der Waals surface area contributed by atoms with Crippen molar-refractivity contribution < 1.29 is 28.9 Å². The van der Waals surface area contributed by atoms with Gasteiger partial charge in [0.2, 0.25) is 0 Å². The molecule has 1 rings (SSSR count). The average molecular weight is 255 g/mol. The van der Waals surface area contributed by atoms with Crippen LogP contribution >= 0.6 is 0 Å². The number of hydrogen-bond donors (Lipinski definition) is 2. The Morgan fingerprint density at radius 1 is 1.39 bits per heavy atom. The van der Waals surface area contributed by atoms with Crippen LogP contribution in [-0.4, -0.2) is 35.5 Å². The van der Waals surface area contributed by atoms with Gasteiger partial charge in [0.15, 0.2) is 11.7 Å². The minimum Gasteiger partial charge on any atom is -0.497 e. The van der Waals surface area contributed by atoms with Crippen molar-refractivity contribution in [2.75, 3.05) is 7.11 Å². The molecule has 0 fully saturated rings. The maximum Gasteiger partial charge on any atom is 0.323 e. The molecule has 1 aromatic rings. The van der Waals surface area contributed by atoms with Gasteiger partial charge in [-0.05, 0) is 12.1 Å². The van der Waals surface area contributed by atoms with Crippen molar-refractivity contribution >= 4 is 23.8 Å². The van der Waals surface area contributed by atoms with Crippen molar-refractivity contribution in [1.82, 2.24) is 0 Å². The topological polar surface area (TPSA) is 96.2 Å². The first-order valence-corrected chi connectivity index (χ1v) is 4.79. The predicted molar refractivity (Wildman–Crippen MR) is 59.9 cm³/mol. The average Bonchev–Trinajstić information content (AvgIpc) is 2.30. The van der Waals surface area contributed by atoms with Crippen molar-refractivity contribution in [1.29, 1.82) is 0 Å². The van der Waals surface area contributed by atoms with Crippen LogP contribution < -0.4 is 4.74 Å². The Morgan fingerprint density at radius 3 is 2.44 bits per heavy atom. The minimum atomic E-state index is -1.81. The highest BCUT2D eigenvalue weighted by Gasteiger charge is 2.23. The number of aliphatic imine (C=N–C) groups is 1. The Morgan fingerprint density at radius 2 is 2.00 bits per heavy atom. The molecule has 0 saturated heterocycles. The molecular formula is C11H10FNO5. The summed E-state index contributed by atoms with van der Waals surface area (Å²) in [5.74, 6) is -5.41. The number of benzene rings is 1. The van der Waals surface area contributed by atoms with Gasteiger partial charge in [-0.2, -0.15) is 0 Å².